The lowest BCUT2D eigenvalue weighted by atomic mass is 10.1. The van der Waals surface area contributed by atoms with Gasteiger partial charge in [-0.25, -0.2) is 0 Å². The first-order valence-corrected chi connectivity index (χ1v) is 7.72. The Morgan fingerprint density at radius 3 is 2.60 bits per heavy atom. The number of fused-ring (bicyclic) bond motifs is 1. The van der Waals surface area contributed by atoms with Crippen LogP contribution < -0.4 is 0 Å². The fourth-order valence-corrected chi connectivity index (χ4v) is 2.61. The minimum Gasteiger partial charge on any atom is -0.591 e. The number of rotatable bonds is 2. The van der Waals surface area contributed by atoms with E-state index in [1.165, 1.54) is 0 Å². The zero-order valence-corrected chi connectivity index (χ0v) is 13.7. The van der Waals surface area contributed by atoms with E-state index in [0.717, 1.165) is 27.9 Å². The molecule has 0 saturated heterocycles. The van der Waals surface area contributed by atoms with E-state index in [1.807, 2.05) is 58.5 Å². The van der Waals surface area contributed by atoms with Crippen LogP contribution >= 0.6 is 0 Å². The molecule has 1 aromatic carbocycles. The highest BCUT2D eigenvalue weighted by molar-refractivity contribution is 7.91. The molecule has 2 rings (SSSR count). The van der Waals surface area contributed by atoms with Gasteiger partial charge in [0.1, 0.15) is 16.1 Å². The maximum Gasteiger partial charge on any atom is 0.144 e. The largest absolute Gasteiger partial charge is 0.591 e. The first-order chi connectivity index (χ1) is 9.20. The summed E-state index contributed by atoms with van der Waals surface area (Å²) in [5, 5.41) is 5.52. The van der Waals surface area contributed by atoms with Crippen LogP contribution in [0.2, 0.25) is 0 Å². The fraction of sp³-hybridized carbons (Fsp3) is 0.467. The minimum absolute atomic E-state index is 0.338. The van der Waals surface area contributed by atoms with Crippen molar-refractivity contribution in [2.75, 3.05) is 0 Å². The minimum atomic E-state index is -1.23. The van der Waals surface area contributed by atoms with E-state index in [4.69, 9.17) is 0 Å². The lowest BCUT2D eigenvalue weighted by Crippen LogP contribution is -2.26. The predicted octanol–water partition coefficient (Wildman–Crippen LogP) is 3.15. The van der Waals surface area contributed by atoms with Crippen LogP contribution in [0.25, 0.3) is 10.9 Å². The summed E-state index contributed by atoms with van der Waals surface area (Å²) >= 11 is -1.23. The SMILES string of the molecule is CC(=N[S+]([O-])C(C)(C)C)c1ccc2c(c1)c(C)nn2C. The Balaban J connectivity index is 2.43. The zero-order valence-electron chi connectivity index (χ0n) is 12.9. The second-order valence-electron chi connectivity index (χ2n) is 5.98. The number of benzene rings is 1. The van der Waals surface area contributed by atoms with Crippen molar-refractivity contribution in [1.82, 2.24) is 9.78 Å². The molecule has 0 aliphatic rings. The van der Waals surface area contributed by atoms with E-state index >= 15 is 0 Å². The molecule has 0 spiro atoms. The second kappa shape index (κ2) is 5.22. The molecule has 0 bridgehead atoms. The summed E-state index contributed by atoms with van der Waals surface area (Å²) in [5.74, 6) is 0. The molecule has 0 fully saturated rings. The molecule has 1 aromatic heterocycles. The quantitative estimate of drug-likeness (QED) is 0.630. The van der Waals surface area contributed by atoms with Crippen LogP contribution in [-0.4, -0.2) is 24.8 Å². The molecule has 0 N–H and O–H groups in total. The number of aromatic nitrogens is 2. The summed E-state index contributed by atoms with van der Waals surface area (Å²) in [6.07, 6.45) is 0. The number of aryl methyl sites for hydroxylation is 2. The van der Waals surface area contributed by atoms with E-state index in [2.05, 4.69) is 15.6 Å². The van der Waals surface area contributed by atoms with Crippen LogP contribution in [0.15, 0.2) is 22.6 Å². The third kappa shape index (κ3) is 2.88. The van der Waals surface area contributed by atoms with Crippen molar-refractivity contribution in [3.63, 3.8) is 0 Å². The van der Waals surface area contributed by atoms with E-state index in [1.54, 1.807) is 0 Å². The van der Waals surface area contributed by atoms with E-state index in [9.17, 15) is 4.55 Å². The highest BCUT2D eigenvalue weighted by Gasteiger charge is 2.26. The molecule has 1 heterocycles. The summed E-state index contributed by atoms with van der Waals surface area (Å²) in [5.41, 5.74) is 3.87. The second-order valence-corrected chi connectivity index (χ2v) is 7.88. The lowest BCUT2D eigenvalue weighted by molar-refractivity contribution is 0.561. The van der Waals surface area contributed by atoms with Crippen molar-refractivity contribution in [3.05, 3.63) is 29.5 Å². The smallest absolute Gasteiger partial charge is 0.144 e. The fourth-order valence-electron chi connectivity index (χ4n) is 1.98. The van der Waals surface area contributed by atoms with Gasteiger partial charge in [0.15, 0.2) is 0 Å². The van der Waals surface area contributed by atoms with Gasteiger partial charge in [0, 0.05) is 18.0 Å². The Hall–Kier alpha value is -1.33. The average molecular weight is 291 g/mol. The van der Waals surface area contributed by atoms with Crippen molar-refractivity contribution < 1.29 is 4.55 Å². The molecule has 0 aliphatic heterocycles. The van der Waals surface area contributed by atoms with Gasteiger partial charge in [0.2, 0.25) is 0 Å². The molecule has 0 aliphatic carbocycles. The summed E-state index contributed by atoms with van der Waals surface area (Å²) < 4.78 is 17.9. The Kier molecular flexibility index (Phi) is 3.93. The molecular weight excluding hydrogens is 270 g/mol. The Morgan fingerprint density at radius 1 is 1.35 bits per heavy atom. The van der Waals surface area contributed by atoms with Crippen molar-refractivity contribution >= 4 is 28.0 Å². The van der Waals surface area contributed by atoms with E-state index < -0.39 is 11.4 Å². The highest BCUT2D eigenvalue weighted by Crippen LogP contribution is 2.22. The summed E-state index contributed by atoms with van der Waals surface area (Å²) in [4.78, 5) is 0. The van der Waals surface area contributed by atoms with Gasteiger partial charge in [-0.05, 0) is 46.8 Å². The summed E-state index contributed by atoms with van der Waals surface area (Å²) in [6.45, 7) is 9.67. The molecule has 1 atom stereocenters. The average Bonchev–Trinajstić information content (AvgIpc) is 2.63. The third-order valence-corrected chi connectivity index (χ3v) is 4.68. The molecule has 0 radical (unpaired) electrons. The van der Waals surface area contributed by atoms with Gasteiger partial charge in [0.05, 0.1) is 16.9 Å². The van der Waals surface area contributed by atoms with Crippen LogP contribution in [0.4, 0.5) is 0 Å². The molecule has 0 amide bonds. The van der Waals surface area contributed by atoms with Gasteiger partial charge in [-0.15, -0.1) is 0 Å². The van der Waals surface area contributed by atoms with Crippen LogP contribution in [0.3, 0.4) is 0 Å². The van der Waals surface area contributed by atoms with Gasteiger partial charge in [0.25, 0.3) is 0 Å². The standard InChI is InChI=1S/C15H21N3OS/c1-10(17-20(19)15(3,4)5)12-7-8-14-13(9-12)11(2)16-18(14)6/h7-9H,1-6H3. The van der Waals surface area contributed by atoms with Crippen molar-refractivity contribution in [3.8, 4) is 0 Å². The van der Waals surface area contributed by atoms with Crippen molar-refractivity contribution in [2.45, 2.75) is 39.4 Å². The van der Waals surface area contributed by atoms with Gasteiger partial charge < -0.3 is 4.55 Å². The molecule has 108 valence electrons. The molecule has 4 nitrogen and oxygen atoms in total. The molecule has 2 aromatic rings. The van der Waals surface area contributed by atoms with Gasteiger partial charge in [-0.1, -0.05) is 10.5 Å². The Labute approximate surface area is 123 Å². The molecule has 0 saturated carbocycles. The maximum atomic E-state index is 12.1. The van der Waals surface area contributed by atoms with Gasteiger partial charge >= 0.3 is 0 Å². The predicted molar refractivity (Wildman–Crippen MR) is 85.6 cm³/mol. The van der Waals surface area contributed by atoms with E-state index in [-0.39, 0.29) is 4.75 Å². The van der Waals surface area contributed by atoms with Crippen LogP contribution in [0, 0.1) is 6.92 Å². The maximum absolute atomic E-state index is 12.1. The topological polar surface area (TPSA) is 53.2 Å². The number of nitrogens with zero attached hydrogens (tertiary/aromatic N) is 3. The van der Waals surface area contributed by atoms with Gasteiger partial charge in [-0.3, -0.25) is 4.68 Å². The normalized spacial score (nSPS) is 14.8. The molecule has 20 heavy (non-hydrogen) atoms. The third-order valence-electron chi connectivity index (χ3n) is 3.20. The summed E-state index contributed by atoms with van der Waals surface area (Å²) in [7, 11) is 1.94. The van der Waals surface area contributed by atoms with Crippen LogP contribution in [0.1, 0.15) is 39.0 Å². The lowest BCUT2D eigenvalue weighted by Gasteiger charge is -2.18. The highest BCUT2D eigenvalue weighted by atomic mass is 32.2. The first kappa shape index (κ1) is 15.1. The van der Waals surface area contributed by atoms with Crippen molar-refractivity contribution in [2.24, 2.45) is 11.4 Å². The number of hydrogen-bond acceptors (Lipinski definition) is 3. The molecule has 5 heteroatoms. The monoisotopic (exact) mass is 291 g/mol. The van der Waals surface area contributed by atoms with E-state index in [0.29, 0.717) is 0 Å². The van der Waals surface area contributed by atoms with Crippen LogP contribution in [-0.2, 0) is 18.4 Å². The molecular formula is C15H21N3OS. The van der Waals surface area contributed by atoms with Crippen LogP contribution in [0.5, 0.6) is 0 Å². The number of hydrogen-bond donors (Lipinski definition) is 0. The van der Waals surface area contributed by atoms with Gasteiger partial charge in [-0.2, -0.15) is 5.10 Å². The zero-order chi connectivity index (χ0) is 15.1. The first-order valence-electron chi connectivity index (χ1n) is 6.61. The summed E-state index contributed by atoms with van der Waals surface area (Å²) in [6, 6.07) is 6.10. The Morgan fingerprint density at radius 2 is 2.00 bits per heavy atom. The Bertz CT molecular complexity index is 668. The molecule has 1 unspecified atom stereocenters. The van der Waals surface area contributed by atoms with Crippen molar-refractivity contribution in [1.29, 1.82) is 0 Å².